The van der Waals surface area contributed by atoms with Crippen LogP contribution in [0.2, 0.25) is 0 Å². The summed E-state index contributed by atoms with van der Waals surface area (Å²) in [6.45, 7) is -0.0863. The number of hydrogen-bond donors (Lipinski definition) is 0. The number of sulfonamides is 1. The molecule has 35 heavy (non-hydrogen) atoms. The molecule has 7 nitrogen and oxygen atoms in total. The fourth-order valence-electron chi connectivity index (χ4n) is 5.11. The minimum atomic E-state index is -3.87. The van der Waals surface area contributed by atoms with Crippen molar-refractivity contribution in [3.05, 3.63) is 60.8 Å². The summed E-state index contributed by atoms with van der Waals surface area (Å²) in [6.07, 6.45) is 2.31. The Hall–Kier alpha value is -2.88. The minimum Gasteiger partial charge on any atom is -0.360 e. The zero-order valence-corrected chi connectivity index (χ0v) is 20.0. The highest BCUT2D eigenvalue weighted by Gasteiger charge is 2.53. The van der Waals surface area contributed by atoms with Crippen molar-refractivity contribution in [2.45, 2.75) is 42.0 Å². The van der Waals surface area contributed by atoms with Gasteiger partial charge in [-0.25, -0.2) is 12.8 Å². The van der Waals surface area contributed by atoms with Crippen LogP contribution in [0, 0.1) is 0 Å². The monoisotopic (exact) mass is 495 g/mol. The Kier molecular flexibility index (Phi) is 5.39. The Morgan fingerprint density at radius 2 is 1.83 bits per heavy atom. The largest absolute Gasteiger partial charge is 0.360 e. The summed E-state index contributed by atoms with van der Waals surface area (Å²) < 4.78 is 49.0. The van der Waals surface area contributed by atoms with Gasteiger partial charge < -0.3 is 9.64 Å². The quantitative estimate of drug-likeness (QED) is 0.554. The third-order valence-corrected chi connectivity index (χ3v) is 9.26. The molecule has 3 heterocycles. The van der Waals surface area contributed by atoms with Crippen LogP contribution in [-0.4, -0.2) is 72.6 Å². The lowest BCUT2D eigenvalue weighted by Crippen LogP contribution is -2.65. The number of halogens is 1. The average molecular weight is 496 g/mol. The number of pyridine rings is 1. The van der Waals surface area contributed by atoms with Crippen molar-refractivity contribution in [2.75, 3.05) is 26.2 Å². The van der Waals surface area contributed by atoms with E-state index in [9.17, 15) is 13.2 Å². The van der Waals surface area contributed by atoms with Crippen LogP contribution in [0.25, 0.3) is 22.0 Å². The number of morpholine rings is 1. The molecule has 1 aliphatic carbocycles. The Bertz CT molecular complexity index is 1390. The number of benzene rings is 2. The molecule has 9 heteroatoms. The Morgan fingerprint density at radius 1 is 1.06 bits per heavy atom. The first kappa shape index (κ1) is 22.6. The number of rotatable bonds is 4. The lowest BCUT2D eigenvalue weighted by Gasteiger charge is -2.48. The summed E-state index contributed by atoms with van der Waals surface area (Å²) in [5.41, 5.74) is 1.55. The van der Waals surface area contributed by atoms with Crippen LogP contribution in [-0.2, 0) is 19.6 Å². The average Bonchev–Trinajstić information content (AvgIpc) is 3.72. The second-order valence-corrected chi connectivity index (χ2v) is 11.6. The highest BCUT2D eigenvalue weighted by Crippen LogP contribution is 2.38. The smallest absolute Gasteiger partial charge is 0.248 e. The van der Waals surface area contributed by atoms with Crippen LogP contribution in [0.15, 0.2) is 65.7 Å². The summed E-state index contributed by atoms with van der Waals surface area (Å²) in [5, 5.41) is 1.03. The van der Waals surface area contributed by atoms with Crippen molar-refractivity contribution < 1.29 is 22.3 Å². The first-order chi connectivity index (χ1) is 16.9. The van der Waals surface area contributed by atoms with E-state index in [1.54, 1.807) is 35.4 Å². The van der Waals surface area contributed by atoms with Crippen LogP contribution in [0.1, 0.15) is 19.3 Å². The van der Waals surface area contributed by atoms with E-state index in [1.807, 2.05) is 30.3 Å². The molecule has 2 unspecified atom stereocenters. The summed E-state index contributed by atoms with van der Waals surface area (Å²) in [4.78, 5) is 18.4. The molecule has 3 aliphatic rings. The zero-order chi connectivity index (χ0) is 24.2. The summed E-state index contributed by atoms with van der Waals surface area (Å²) in [7, 11) is -3.87. The number of nitrogens with zero attached hydrogens (tertiary/aromatic N) is 3. The van der Waals surface area contributed by atoms with E-state index in [-0.39, 0.29) is 49.5 Å². The molecule has 2 aromatic carbocycles. The molecular formula is C26H26FN3O4S. The van der Waals surface area contributed by atoms with Gasteiger partial charge in [0.1, 0.15) is 18.4 Å². The fourth-order valence-corrected chi connectivity index (χ4v) is 6.55. The fraction of sp³-hybridized carbons (Fsp3) is 0.385. The molecule has 6 rings (SSSR count). The van der Waals surface area contributed by atoms with Gasteiger partial charge in [0.2, 0.25) is 15.9 Å². The van der Waals surface area contributed by atoms with E-state index in [0.29, 0.717) is 0 Å². The van der Waals surface area contributed by atoms with Crippen molar-refractivity contribution in [2.24, 2.45) is 0 Å². The SMILES string of the molecule is O=C1COC2(CCN(S(=O)(=O)c3ccc(-c4ccc5cccnc5c4)cc3)CC2F)CN1C1CC1. The second kappa shape index (κ2) is 8.36. The molecular weight excluding hydrogens is 469 g/mol. The van der Waals surface area contributed by atoms with Gasteiger partial charge in [-0.1, -0.05) is 30.3 Å². The first-order valence-corrected chi connectivity index (χ1v) is 13.3. The summed E-state index contributed by atoms with van der Waals surface area (Å²) >= 11 is 0. The molecule has 0 bridgehead atoms. The predicted octanol–water partition coefficient (Wildman–Crippen LogP) is 3.39. The van der Waals surface area contributed by atoms with E-state index >= 15 is 4.39 Å². The Morgan fingerprint density at radius 3 is 2.57 bits per heavy atom. The van der Waals surface area contributed by atoms with Crippen LogP contribution >= 0.6 is 0 Å². The predicted molar refractivity (Wildman–Crippen MR) is 129 cm³/mol. The first-order valence-electron chi connectivity index (χ1n) is 11.9. The zero-order valence-electron chi connectivity index (χ0n) is 19.1. The van der Waals surface area contributed by atoms with Gasteiger partial charge in [-0.3, -0.25) is 9.78 Å². The van der Waals surface area contributed by atoms with E-state index in [0.717, 1.165) is 34.9 Å². The number of alkyl halides is 1. The van der Waals surface area contributed by atoms with Gasteiger partial charge in [0.05, 0.1) is 17.0 Å². The number of fused-ring (bicyclic) bond motifs is 1. The molecule has 1 aromatic heterocycles. The van der Waals surface area contributed by atoms with E-state index < -0.39 is 21.8 Å². The van der Waals surface area contributed by atoms with E-state index in [1.165, 1.54) is 4.31 Å². The number of aromatic nitrogens is 1. The van der Waals surface area contributed by atoms with Crippen molar-refractivity contribution >= 4 is 26.8 Å². The molecule has 2 aliphatic heterocycles. The third-order valence-electron chi connectivity index (χ3n) is 7.38. The van der Waals surface area contributed by atoms with Gasteiger partial charge in [-0.2, -0.15) is 4.31 Å². The van der Waals surface area contributed by atoms with Crippen LogP contribution < -0.4 is 0 Å². The Labute approximate surface area is 203 Å². The maximum Gasteiger partial charge on any atom is 0.248 e. The molecule has 182 valence electrons. The van der Waals surface area contributed by atoms with Crippen molar-refractivity contribution in [3.8, 4) is 11.1 Å². The number of hydrogen-bond acceptors (Lipinski definition) is 5. The molecule has 0 radical (unpaired) electrons. The molecule has 2 saturated heterocycles. The van der Waals surface area contributed by atoms with E-state index in [2.05, 4.69) is 4.98 Å². The van der Waals surface area contributed by atoms with Gasteiger partial charge in [-0.05, 0) is 54.7 Å². The van der Waals surface area contributed by atoms with Gasteiger partial charge in [-0.15, -0.1) is 0 Å². The number of amides is 1. The molecule has 1 amide bonds. The van der Waals surface area contributed by atoms with E-state index in [4.69, 9.17) is 4.74 Å². The lowest BCUT2D eigenvalue weighted by atomic mass is 9.88. The highest BCUT2D eigenvalue weighted by atomic mass is 32.2. The highest BCUT2D eigenvalue weighted by molar-refractivity contribution is 7.89. The molecule has 3 fully saturated rings. The summed E-state index contributed by atoms with van der Waals surface area (Å²) in [5.74, 6) is -0.109. The van der Waals surface area contributed by atoms with Crippen molar-refractivity contribution in [3.63, 3.8) is 0 Å². The van der Waals surface area contributed by atoms with Crippen LogP contribution in [0.3, 0.4) is 0 Å². The maximum atomic E-state index is 15.4. The van der Waals surface area contributed by atoms with Crippen LogP contribution in [0.5, 0.6) is 0 Å². The molecule has 1 spiro atoms. The van der Waals surface area contributed by atoms with Gasteiger partial charge in [0.25, 0.3) is 0 Å². The third kappa shape index (κ3) is 4.01. The Balaban J connectivity index is 1.19. The second-order valence-electron chi connectivity index (χ2n) is 9.62. The topological polar surface area (TPSA) is 79.8 Å². The number of piperidine rings is 1. The minimum absolute atomic E-state index is 0.109. The normalized spacial score (nSPS) is 25.9. The van der Waals surface area contributed by atoms with Gasteiger partial charge >= 0.3 is 0 Å². The van der Waals surface area contributed by atoms with Crippen LogP contribution in [0.4, 0.5) is 4.39 Å². The number of carbonyl (C=O) groups excluding carboxylic acids is 1. The number of ether oxygens (including phenoxy) is 1. The lowest BCUT2D eigenvalue weighted by molar-refractivity contribution is -0.185. The molecule has 1 saturated carbocycles. The summed E-state index contributed by atoms with van der Waals surface area (Å²) in [6, 6.07) is 16.6. The molecule has 2 atom stereocenters. The van der Waals surface area contributed by atoms with Crippen molar-refractivity contribution in [1.29, 1.82) is 0 Å². The molecule has 3 aromatic rings. The number of carbonyl (C=O) groups is 1. The maximum absolute atomic E-state index is 15.4. The standard InChI is InChI=1S/C26H26FN3O4S/c27-24-15-29(13-11-26(24)17-30(21-7-8-21)25(31)16-34-26)35(32,33)22-9-5-18(6-10-22)20-4-3-19-2-1-12-28-23(19)14-20/h1-6,9-10,12,14,21,24H,7-8,11,13,15-17H2. The van der Waals surface area contributed by atoms with Crippen molar-refractivity contribution in [1.82, 2.24) is 14.2 Å². The molecule has 0 N–H and O–H groups in total. The van der Waals surface area contributed by atoms with Gasteiger partial charge in [0, 0.05) is 30.7 Å². The van der Waals surface area contributed by atoms with Gasteiger partial charge in [0.15, 0.2) is 0 Å².